The van der Waals surface area contributed by atoms with Crippen LogP contribution in [0.5, 0.6) is 11.5 Å². The highest BCUT2D eigenvalue weighted by Crippen LogP contribution is 2.41. The van der Waals surface area contributed by atoms with E-state index >= 15 is 0 Å². The molecule has 0 amide bonds. The first kappa shape index (κ1) is 18.7. The number of esters is 2. The molecule has 1 atom stereocenters. The van der Waals surface area contributed by atoms with Gasteiger partial charge in [0, 0.05) is 6.92 Å². The SMILES string of the molecule is CC(=O)Oc1cccc2cc3c(c(O)c12)C(=O)[C@H](OC(=O)c1ccccc1)CC3. The van der Waals surface area contributed by atoms with Crippen molar-refractivity contribution in [3.05, 3.63) is 71.3 Å². The predicted octanol–water partition coefficient (Wildman–Crippen LogP) is 3.83. The van der Waals surface area contributed by atoms with E-state index in [1.165, 1.54) is 6.92 Å². The van der Waals surface area contributed by atoms with Crippen LogP contribution < -0.4 is 4.74 Å². The maximum Gasteiger partial charge on any atom is 0.338 e. The van der Waals surface area contributed by atoms with Gasteiger partial charge in [-0.1, -0.05) is 36.4 Å². The van der Waals surface area contributed by atoms with Gasteiger partial charge in [0.2, 0.25) is 5.78 Å². The van der Waals surface area contributed by atoms with Crippen LogP contribution >= 0.6 is 0 Å². The van der Waals surface area contributed by atoms with E-state index in [4.69, 9.17) is 9.47 Å². The molecule has 3 aromatic rings. The summed E-state index contributed by atoms with van der Waals surface area (Å²) < 4.78 is 10.6. The Morgan fingerprint density at radius 2 is 1.83 bits per heavy atom. The van der Waals surface area contributed by atoms with Gasteiger partial charge in [-0.3, -0.25) is 9.59 Å². The molecule has 1 aliphatic carbocycles. The van der Waals surface area contributed by atoms with Crippen molar-refractivity contribution in [1.29, 1.82) is 0 Å². The van der Waals surface area contributed by atoms with E-state index < -0.39 is 23.8 Å². The molecule has 6 nitrogen and oxygen atoms in total. The summed E-state index contributed by atoms with van der Waals surface area (Å²) in [6, 6.07) is 15.3. The number of carbonyl (C=O) groups is 3. The molecule has 0 unspecified atom stereocenters. The van der Waals surface area contributed by atoms with Gasteiger partial charge in [0.1, 0.15) is 11.5 Å². The lowest BCUT2D eigenvalue weighted by Gasteiger charge is -2.25. The summed E-state index contributed by atoms with van der Waals surface area (Å²) in [7, 11) is 0. The molecule has 0 saturated carbocycles. The van der Waals surface area contributed by atoms with Gasteiger partial charge in [0.05, 0.1) is 16.5 Å². The van der Waals surface area contributed by atoms with Crippen molar-refractivity contribution >= 4 is 28.5 Å². The number of ketones is 1. The van der Waals surface area contributed by atoms with Crippen molar-refractivity contribution < 1.29 is 29.0 Å². The maximum absolute atomic E-state index is 13.0. The minimum atomic E-state index is -0.987. The van der Waals surface area contributed by atoms with Gasteiger partial charge in [-0.05, 0) is 42.0 Å². The highest BCUT2D eigenvalue weighted by atomic mass is 16.5. The Kier molecular flexibility index (Phi) is 4.76. The number of fused-ring (bicyclic) bond motifs is 2. The Labute approximate surface area is 166 Å². The van der Waals surface area contributed by atoms with E-state index in [0.717, 1.165) is 0 Å². The molecule has 0 radical (unpaired) electrons. The molecule has 6 heteroatoms. The first-order valence-electron chi connectivity index (χ1n) is 9.22. The number of carbonyl (C=O) groups excluding carboxylic acids is 3. The zero-order chi connectivity index (χ0) is 20.5. The van der Waals surface area contributed by atoms with E-state index in [2.05, 4.69) is 0 Å². The fourth-order valence-corrected chi connectivity index (χ4v) is 3.63. The quantitative estimate of drug-likeness (QED) is 0.540. The minimum absolute atomic E-state index is 0.106. The molecule has 0 spiro atoms. The molecule has 29 heavy (non-hydrogen) atoms. The zero-order valence-corrected chi connectivity index (χ0v) is 15.7. The smallest absolute Gasteiger partial charge is 0.338 e. The molecule has 3 aromatic carbocycles. The molecule has 4 rings (SSSR count). The lowest BCUT2D eigenvalue weighted by Crippen LogP contribution is -2.32. The molecule has 0 aromatic heterocycles. The van der Waals surface area contributed by atoms with Crippen LogP contribution in [0.1, 0.15) is 39.6 Å². The van der Waals surface area contributed by atoms with E-state index in [-0.39, 0.29) is 22.4 Å². The number of aromatic hydroxyl groups is 1. The average molecular weight is 390 g/mol. The highest BCUT2D eigenvalue weighted by Gasteiger charge is 2.34. The Morgan fingerprint density at radius 1 is 1.07 bits per heavy atom. The van der Waals surface area contributed by atoms with Crippen molar-refractivity contribution in [1.82, 2.24) is 0 Å². The number of phenolic OH excluding ortho intramolecular Hbond substituents is 1. The maximum atomic E-state index is 13.0. The standard InChI is InChI=1S/C23H18O6/c1-13(24)28-17-9-5-8-15-12-16-10-11-18(21(25)20(16)22(26)19(15)17)29-23(27)14-6-3-2-4-7-14/h2-9,12,18,26H,10-11H2,1H3/t18-/m1/s1. The molecule has 0 saturated heterocycles. The summed E-state index contributed by atoms with van der Waals surface area (Å²) in [6.07, 6.45) is -0.187. The van der Waals surface area contributed by atoms with Gasteiger partial charge in [-0.25, -0.2) is 4.79 Å². The average Bonchev–Trinajstić information content (AvgIpc) is 2.70. The van der Waals surface area contributed by atoms with Gasteiger partial charge in [0.25, 0.3) is 0 Å². The van der Waals surface area contributed by atoms with Crippen LogP contribution in [-0.4, -0.2) is 28.9 Å². The molecule has 1 aliphatic rings. The summed E-state index contributed by atoms with van der Waals surface area (Å²) in [5.74, 6) is -1.68. The molecule has 0 aliphatic heterocycles. The number of aryl methyl sites for hydroxylation is 1. The summed E-state index contributed by atoms with van der Waals surface area (Å²) in [5.41, 5.74) is 1.13. The number of hydrogen-bond donors (Lipinski definition) is 1. The molecule has 1 N–H and O–H groups in total. The van der Waals surface area contributed by atoms with Crippen molar-refractivity contribution in [3.8, 4) is 11.5 Å². The van der Waals surface area contributed by atoms with Crippen LogP contribution in [0.25, 0.3) is 10.8 Å². The monoisotopic (exact) mass is 390 g/mol. The Hall–Kier alpha value is -3.67. The number of Topliss-reactive ketones (excluding diaryl/α,β-unsaturated/α-hetero) is 1. The normalized spacial score (nSPS) is 15.6. The fourth-order valence-electron chi connectivity index (χ4n) is 3.63. The van der Waals surface area contributed by atoms with Gasteiger partial charge in [-0.15, -0.1) is 0 Å². The lowest BCUT2D eigenvalue weighted by molar-refractivity contribution is -0.131. The summed E-state index contributed by atoms with van der Waals surface area (Å²) in [5, 5.41) is 11.8. The number of hydrogen-bond acceptors (Lipinski definition) is 6. The third-order valence-electron chi connectivity index (χ3n) is 4.91. The van der Waals surface area contributed by atoms with Crippen LogP contribution in [0, 0.1) is 0 Å². The number of rotatable bonds is 3. The molecule has 0 heterocycles. The highest BCUT2D eigenvalue weighted by molar-refractivity contribution is 6.11. The largest absolute Gasteiger partial charge is 0.506 e. The summed E-state index contributed by atoms with van der Waals surface area (Å²) >= 11 is 0. The zero-order valence-electron chi connectivity index (χ0n) is 15.7. The van der Waals surface area contributed by atoms with Crippen molar-refractivity contribution in [2.75, 3.05) is 0 Å². The van der Waals surface area contributed by atoms with Crippen molar-refractivity contribution in [2.24, 2.45) is 0 Å². The predicted molar refractivity (Wildman–Crippen MR) is 105 cm³/mol. The Balaban J connectivity index is 1.72. The third-order valence-corrected chi connectivity index (χ3v) is 4.91. The molecular formula is C23H18O6. The first-order valence-corrected chi connectivity index (χ1v) is 9.22. The first-order chi connectivity index (χ1) is 14.0. The minimum Gasteiger partial charge on any atom is -0.506 e. The van der Waals surface area contributed by atoms with Crippen LogP contribution in [0.4, 0.5) is 0 Å². The molecule has 0 bridgehead atoms. The molecular weight excluding hydrogens is 372 g/mol. The van der Waals surface area contributed by atoms with E-state index in [1.54, 1.807) is 54.6 Å². The molecule has 146 valence electrons. The van der Waals surface area contributed by atoms with Gasteiger partial charge in [-0.2, -0.15) is 0 Å². The fraction of sp³-hybridized carbons (Fsp3) is 0.174. The Morgan fingerprint density at radius 3 is 2.55 bits per heavy atom. The van der Waals surface area contributed by atoms with E-state index in [9.17, 15) is 19.5 Å². The second kappa shape index (κ2) is 7.39. The van der Waals surface area contributed by atoms with Crippen molar-refractivity contribution in [3.63, 3.8) is 0 Å². The van der Waals surface area contributed by atoms with Crippen molar-refractivity contribution in [2.45, 2.75) is 25.9 Å². The molecule has 0 fully saturated rings. The van der Waals surface area contributed by atoms with E-state index in [0.29, 0.717) is 29.4 Å². The number of benzene rings is 3. The third kappa shape index (κ3) is 3.45. The number of phenols is 1. The van der Waals surface area contributed by atoms with Crippen LogP contribution in [0.15, 0.2) is 54.6 Å². The van der Waals surface area contributed by atoms with Crippen LogP contribution in [0.3, 0.4) is 0 Å². The van der Waals surface area contributed by atoms with Crippen LogP contribution in [0.2, 0.25) is 0 Å². The second-order valence-electron chi connectivity index (χ2n) is 6.87. The Bertz CT molecular complexity index is 1130. The summed E-state index contributed by atoms with van der Waals surface area (Å²) in [4.78, 5) is 36.8. The van der Waals surface area contributed by atoms with Gasteiger partial charge >= 0.3 is 11.9 Å². The topological polar surface area (TPSA) is 89.9 Å². The second-order valence-corrected chi connectivity index (χ2v) is 6.87. The summed E-state index contributed by atoms with van der Waals surface area (Å²) in [6.45, 7) is 1.26. The van der Waals surface area contributed by atoms with Gasteiger partial charge in [0.15, 0.2) is 6.10 Å². The lowest BCUT2D eigenvalue weighted by atomic mass is 9.85. The number of ether oxygens (including phenoxy) is 2. The van der Waals surface area contributed by atoms with Gasteiger partial charge < -0.3 is 14.6 Å². The van der Waals surface area contributed by atoms with E-state index in [1.807, 2.05) is 0 Å². The van der Waals surface area contributed by atoms with Crippen LogP contribution in [-0.2, 0) is 16.0 Å².